The van der Waals surface area contributed by atoms with Crippen LogP contribution in [-0.2, 0) is 0 Å². The van der Waals surface area contributed by atoms with Crippen LogP contribution in [0.25, 0.3) is 11.0 Å². The molecule has 1 unspecified atom stereocenters. The van der Waals surface area contributed by atoms with Crippen molar-refractivity contribution in [3.63, 3.8) is 0 Å². The van der Waals surface area contributed by atoms with Gasteiger partial charge >= 0.3 is 0 Å². The highest BCUT2D eigenvalue weighted by Crippen LogP contribution is 2.38. The molecule has 4 rings (SSSR count). The number of unbranched alkanes of at least 4 members (excludes halogenated alkanes) is 4. The fourth-order valence-corrected chi connectivity index (χ4v) is 5.40. The summed E-state index contributed by atoms with van der Waals surface area (Å²) in [6.07, 6.45) is 8.87. The molecule has 2 heterocycles. The molecule has 1 atom stereocenters. The second-order valence-electron chi connectivity index (χ2n) is 10.6. The number of nitrogens with zero attached hydrogens (tertiary/aromatic N) is 2. The van der Waals surface area contributed by atoms with E-state index in [0.29, 0.717) is 29.7 Å². The van der Waals surface area contributed by atoms with Crippen LogP contribution in [0.2, 0.25) is 0 Å². The lowest BCUT2D eigenvalue weighted by Gasteiger charge is -2.27. The minimum atomic E-state index is -0.470. The zero-order chi connectivity index (χ0) is 27.6. The van der Waals surface area contributed by atoms with Crippen LogP contribution >= 0.6 is 0 Å². The average molecular weight is 533 g/mol. The summed E-state index contributed by atoms with van der Waals surface area (Å²) in [4.78, 5) is 31.8. The lowest BCUT2D eigenvalue weighted by atomic mass is 9.98. The van der Waals surface area contributed by atoms with Gasteiger partial charge in [0.15, 0.2) is 5.43 Å². The Morgan fingerprint density at radius 1 is 0.821 bits per heavy atom. The molecule has 2 aromatic carbocycles. The van der Waals surface area contributed by atoms with E-state index >= 15 is 0 Å². The van der Waals surface area contributed by atoms with E-state index in [2.05, 4.69) is 25.7 Å². The Kier molecular flexibility index (Phi) is 10.6. The number of hydrogen-bond donors (Lipinski definition) is 0. The maximum Gasteiger partial charge on any atom is 0.290 e. The molecule has 1 aliphatic heterocycles. The van der Waals surface area contributed by atoms with Gasteiger partial charge in [-0.25, -0.2) is 0 Å². The van der Waals surface area contributed by atoms with Crippen molar-refractivity contribution < 1.29 is 13.9 Å². The number of amides is 1. The van der Waals surface area contributed by atoms with Gasteiger partial charge in [0.25, 0.3) is 5.91 Å². The monoisotopic (exact) mass is 532 g/mol. The molecule has 0 saturated heterocycles. The maximum absolute atomic E-state index is 13.7. The summed E-state index contributed by atoms with van der Waals surface area (Å²) in [6.45, 7) is 11.0. The topological polar surface area (TPSA) is 63.0 Å². The highest BCUT2D eigenvalue weighted by molar-refractivity contribution is 5.99. The molecule has 0 fully saturated rings. The largest absolute Gasteiger partial charge is 0.494 e. The van der Waals surface area contributed by atoms with Crippen LogP contribution in [0.3, 0.4) is 0 Å². The number of para-hydroxylation sites is 1. The van der Waals surface area contributed by atoms with Gasteiger partial charge in [0.2, 0.25) is 5.76 Å². The SMILES string of the molecule is CCCCCOc1ccc(C2c3c(oc4ccccc4c3=O)C(=O)N2CCCN(CCCC)CCCC)cc1. The number of carbonyl (C=O) groups excluding carboxylic acids is 1. The number of ether oxygens (including phenoxy) is 1. The van der Waals surface area contributed by atoms with E-state index in [4.69, 9.17) is 9.15 Å². The first-order valence-electron chi connectivity index (χ1n) is 14.9. The summed E-state index contributed by atoms with van der Waals surface area (Å²) in [7, 11) is 0. The summed E-state index contributed by atoms with van der Waals surface area (Å²) in [5, 5.41) is 0.511. The molecule has 1 amide bonds. The quantitative estimate of drug-likeness (QED) is 0.183. The number of fused-ring (bicyclic) bond motifs is 2. The Morgan fingerprint density at radius 3 is 2.18 bits per heavy atom. The zero-order valence-corrected chi connectivity index (χ0v) is 23.9. The van der Waals surface area contributed by atoms with Crippen LogP contribution in [0, 0.1) is 0 Å². The maximum atomic E-state index is 13.7. The van der Waals surface area contributed by atoms with Crippen molar-refractivity contribution in [2.45, 2.75) is 78.2 Å². The van der Waals surface area contributed by atoms with E-state index in [1.165, 1.54) is 25.7 Å². The number of carbonyl (C=O) groups is 1. The highest BCUT2D eigenvalue weighted by Gasteiger charge is 2.42. The van der Waals surface area contributed by atoms with Crippen LogP contribution in [0.15, 0.2) is 57.7 Å². The molecule has 1 aliphatic rings. The van der Waals surface area contributed by atoms with Crippen LogP contribution < -0.4 is 10.2 Å². The smallest absolute Gasteiger partial charge is 0.290 e. The van der Waals surface area contributed by atoms with Gasteiger partial charge in [-0.2, -0.15) is 0 Å². The Bertz CT molecular complexity index is 1260. The van der Waals surface area contributed by atoms with Gasteiger partial charge in [0, 0.05) is 6.54 Å². The molecular weight excluding hydrogens is 488 g/mol. The van der Waals surface area contributed by atoms with Crippen molar-refractivity contribution in [1.29, 1.82) is 0 Å². The molecule has 0 radical (unpaired) electrons. The van der Waals surface area contributed by atoms with Crippen LogP contribution in [0.1, 0.15) is 99.9 Å². The van der Waals surface area contributed by atoms with Gasteiger partial charge in [-0.15, -0.1) is 0 Å². The Hall–Kier alpha value is -3.12. The third-order valence-corrected chi connectivity index (χ3v) is 7.61. The second kappa shape index (κ2) is 14.3. The third kappa shape index (κ3) is 6.91. The molecule has 6 nitrogen and oxygen atoms in total. The van der Waals surface area contributed by atoms with Crippen molar-refractivity contribution in [3.8, 4) is 5.75 Å². The summed E-state index contributed by atoms with van der Waals surface area (Å²) in [6, 6.07) is 14.6. The Morgan fingerprint density at radius 2 is 1.49 bits per heavy atom. The molecule has 1 aromatic heterocycles. The summed E-state index contributed by atoms with van der Waals surface area (Å²) in [5.74, 6) is 0.780. The van der Waals surface area contributed by atoms with E-state index in [1.54, 1.807) is 12.1 Å². The number of hydrogen-bond acceptors (Lipinski definition) is 5. The lowest BCUT2D eigenvalue weighted by molar-refractivity contribution is 0.0719. The van der Waals surface area contributed by atoms with Gasteiger partial charge in [0.05, 0.1) is 23.6 Å². The first-order chi connectivity index (χ1) is 19.1. The molecule has 0 spiro atoms. The first kappa shape index (κ1) is 28.9. The van der Waals surface area contributed by atoms with Gasteiger partial charge in [-0.05, 0) is 75.1 Å². The lowest BCUT2D eigenvalue weighted by Crippen LogP contribution is -2.34. The number of benzene rings is 2. The highest BCUT2D eigenvalue weighted by atomic mass is 16.5. The predicted octanol–water partition coefficient (Wildman–Crippen LogP) is 7.20. The summed E-state index contributed by atoms with van der Waals surface area (Å²) >= 11 is 0. The van der Waals surface area contributed by atoms with Crippen molar-refractivity contribution in [3.05, 3.63) is 75.6 Å². The molecule has 6 heteroatoms. The van der Waals surface area contributed by atoms with Crippen molar-refractivity contribution in [2.75, 3.05) is 32.8 Å². The fraction of sp³-hybridized carbons (Fsp3) is 0.515. The Balaban J connectivity index is 1.60. The minimum absolute atomic E-state index is 0.125. The van der Waals surface area contributed by atoms with E-state index in [-0.39, 0.29) is 17.1 Å². The molecular formula is C33H44N2O4. The Labute approximate surface area is 232 Å². The average Bonchev–Trinajstić information content (AvgIpc) is 3.24. The van der Waals surface area contributed by atoms with Gasteiger partial charge in [-0.1, -0.05) is 70.7 Å². The molecule has 39 heavy (non-hydrogen) atoms. The minimum Gasteiger partial charge on any atom is -0.494 e. The van der Waals surface area contributed by atoms with Gasteiger partial charge in [-0.3, -0.25) is 9.59 Å². The van der Waals surface area contributed by atoms with Crippen LogP contribution in [0.5, 0.6) is 5.75 Å². The normalized spacial score (nSPS) is 14.9. The van der Waals surface area contributed by atoms with Gasteiger partial charge in [0.1, 0.15) is 11.3 Å². The van der Waals surface area contributed by atoms with Crippen molar-refractivity contribution in [2.24, 2.45) is 0 Å². The molecule has 0 aliphatic carbocycles. The standard InChI is InChI=1S/C33H44N2O4/c1-4-7-12-24-38-26-18-16-25(17-19-26)30-29-31(36)27-14-10-11-15-28(27)39-32(29)33(37)35(30)23-13-22-34(20-8-5-2)21-9-6-3/h10-11,14-19,30H,4-9,12-13,20-24H2,1-3H3. The van der Waals surface area contributed by atoms with E-state index in [0.717, 1.165) is 56.6 Å². The molecule has 0 N–H and O–H groups in total. The van der Waals surface area contributed by atoms with E-state index < -0.39 is 6.04 Å². The molecule has 3 aromatic rings. The fourth-order valence-electron chi connectivity index (χ4n) is 5.40. The summed E-state index contributed by atoms with van der Waals surface area (Å²) < 4.78 is 12.0. The van der Waals surface area contributed by atoms with E-state index in [1.807, 2.05) is 41.3 Å². The second-order valence-corrected chi connectivity index (χ2v) is 10.6. The summed E-state index contributed by atoms with van der Waals surface area (Å²) in [5.41, 5.74) is 1.68. The first-order valence-corrected chi connectivity index (χ1v) is 14.9. The molecule has 210 valence electrons. The molecule has 0 bridgehead atoms. The van der Waals surface area contributed by atoms with E-state index in [9.17, 15) is 9.59 Å². The van der Waals surface area contributed by atoms with Gasteiger partial charge < -0.3 is 19.0 Å². The number of rotatable bonds is 16. The van der Waals surface area contributed by atoms with Crippen molar-refractivity contribution in [1.82, 2.24) is 9.80 Å². The third-order valence-electron chi connectivity index (χ3n) is 7.61. The van der Waals surface area contributed by atoms with Crippen LogP contribution in [0.4, 0.5) is 0 Å². The van der Waals surface area contributed by atoms with Crippen LogP contribution in [-0.4, -0.2) is 48.5 Å². The zero-order valence-electron chi connectivity index (χ0n) is 23.9. The van der Waals surface area contributed by atoms with Crippen molar-refractivity contribution >= 4 is 16.9 Å². The predicted molar refractivity (Wildman–Crippen MR) is 158 cm³/mol. The molecule has 0 saturated carbocycles.